The molecule has 1 fully saturated rings. The number of rotatable bonds is 5. The molecule has 1 aliphatic carbocycles. The lowest BCUT2D eigenvalue weighted by atomic mass is 10.1. The number of carboxylic acids is 1. The van der Waals surface area contributed by atoms with E-state index in [-0.39, 0.29) is 17.9 Å². The Morgan fingerprint density at radius 1 is 1.28 bits per heavy atom. The van der Waals surface area contributed by atoms with Crippen molar-refractivity contribution in [3.05, 3.63) is 52.8 Å². The normalized spacial score (nSPS) is 19.8. The number of hydrogen-bond acceptors (Lipinski definition) is 3. The van der Waals surface area contributed by atoms with Crippen LogP contribution in [0.2, 0.25) is 0 Å². The number of benzene rings is 1. The highest BCUT2D eigenvalue weighted by atomic mass is 16.4. The molecule has 25 heavy (non-hydrogen) atoms. The summed E-state index contributed by atoms with van der Waals surface area (Å²) in [5.74, 6) is -1.27. The summed E-state index contributed by atoms with van der Waals surface area (Å²) in [4.78, 5) is 23.5. The zero-order valence-corrected chi connectivity index (χ0v) is 14.5. The van der Waals surface area contributed by atoms with Gasteiger partial charge in [0.25, 0.3) is 5.91 Å². The molecule has 0 unspecified atom stereocenters. The van der Waals surface area contributed by atoms with Gasteiger partial charge in [-0.2, -0.15) is 5.10 Å². The van der Waals surface area contributed by atoms with Crippen molar-refractivity contribution < 1.29 is 14.7 Å². The minimum absolute atomic E-state index is 0.0618. The van der Waals surface area contributed by atoms with E-state index in [9.17, 15) is 9.59 Å². The van der Waals surface area contributed by atoms with Crippen molar-refractivity contribution in [3.63, 3.8) is 0 Å². The molecule has 6 heteroatoms. The van der Waals surface area contributed by atoms with E-state index in [4.69, 9.17) is 5.11 Å². The Labute approximate surface area is 146 Å². The van der Waals surface area contributed by atoms with Gasteiger partial charge in [0.15, 0.2) is 0 Å². The lowest BCUT2D eigenvalue weighted by molar-refractivity contribution is -0.141. The lowest BCUT2D eigenvalue weighted by Gasteiger charge is -2.13. The highest BCUT2D eigenvalue weighted by Gasteiger charge is 2.30. The number of aliphatic carboxylic acids is 1. The lowest BCUT2D eigenvalue weighted by Crippen LogP contribution is -2.33. The summed E-state index contributed by atoms with van der Waals surface area (Å²) >= 11 is 0. The van der Waals surface area contributed by atoms with Gasteiger partial charge in [-0.25, -0.2) is 0 Å². The molecule has 1 aliphatic rings. The third-order valence-electron chi connectivity index (χ3n) is 4.74. The first-order valence-corrected chi connectivity index (χ1v) is 8.56. The van der Waals surface area contributed by atoms with Gasteiger partial charge in [-0.15, -0.1) is 0 Å². The Kier molecular flexibility index (Phi) is 4.88. The van der Waals surface area contributed by atoms with E-state index >= 15 is 0 Å². The van der Waals surface area contributed by atoms with Gasteiger partial charge in [-0.3, -0.25) is 14.3 Å². The third-order valence-corrected chi connectivity index (χ3v) is 4.74. The van der Waals surface area contributed by atoms with Crippen molar-refractivity contribution >= 4 is 11.9 Å². The average Bonchev–Trinajstić information content (AvgIpc) is 3.14. The molecule has 2 atom stereocenters. The monoisotopic (exact) mass is 341 g/mol. The van der Waals surface area contributed by atoms with E-state index in [1.54, 1.807) is 6.07 Å². The molecule has 132 valence electrons. The molecule has 2 aromatic rings. The summed E-state index contributed by atoms with van der Waals surface area (Å²) in [6.07, 6.45) is 1.85. The maximum absolute atomic E-state index is 12.5. The fourth-order valence-electron chi connectivity index (χ4n) is 3.42. The molecule has 0 aliphatic heterocycles. The summed E-state index contributed by atoms with van der Waals surface area (Å²) in [7, 11) is 0. The van der Waals surface area contributed by atoms with Gasteiger partial charge in [0.05, 0.1) is 18.2 Å². The molecule has 0 spiro atoms. The largest absolute Gasteiger partial charge is 0.481 e. The predicted molar refractivity (Wildman–Crippen MR) is 93.5 cm³/mol. The van der Waals surface area contributed by atoms with Gasteiger partial charge < -0.3 is 10.4 Å². The highest BCUT2D eigenvalue weighted by molar-refractivity contribution is 5.94. The zero-order valence-electron chi connectivity index (χ0n) is 14.5. The van der Waals surface area contributed by atoms with Gasteiger partial charge in [-0.05, 0) is 56.9 Å². The molecule has 1 aromatic heterocycles. The molecule has 0 radical (unpaired) electrons. The number of nitrogens with one attached hydrogen (secondary N) is 1. The average molecular weight is 341 g/mol. The van der Waals surface area contributed by atoms with Crippen molar-refractivity contribution in [1.29, 1.82) is 0 Å². The van der Waals surface area contributed by atoms with E-state index in [1.165, 1.54) is 0 Å². The summed E-state index contributed by atoms with van der Waals surface area (Å²) in [6.45, 7) is 4.58. The van der Waals surface area contributed by atoms with Gasteiger partial charge in [0, 0.05) is 17.3 Å². The van der Waals surface area contributed by atoms with Crippen LogP contribution in [0.15, 0.2) is 30.3 Å². The fourth-order valence-corrected chi connectivity index (χ4v) is 3.42. The topological polar surface area (TPSA) is 84.2 Å². The van der Waals surface area contributed by atoms with Gasteiger partial charge in [0.1, 0.15) is 0 Å². The second-order valence-corrected chi connectivity index (χ2v) is 6.80. The van der Waals surface area contributed by atoms with Crippen LogP contribution in [0.3, 0.4) is 0 Å². The minimum Gasteiger partial charge on any atom is -0.481 e. The summed E-state index contributed by atoms with van der Waals surface area (Å²) in [5.41, 5.74) is 3.66. The van der Waals surface area contributed by atoms with Crippen LogP contribution in [-0.2, 0) is 11.3 Å². The first-order chi connectivity index (χ1) is 11.9. The SMILES string of the molecule is Cc1cc(C)n(Cc2cccc(C(=O)N[C@@H]3CC[C@H](C(=O)O)C3)c2)n1. The molecule has 6 nitrogen and oxygen atoms in total. The van der Waals surface area contributed by atoms with Gasteiger partial charge in [0.2, 0.25) is 0 Å². The number of nitrogens with zero attached hydrogens (tertiary/aromatic N) is 2. The second kappa shape index (κ2) is 7.09. The van der Waals surface area contributed by atoms with Crippen molar-refractivity contribution in [2.75, 3.05) is 0 Å². The molecule has 3 rings (SSSR count). The first-order valence-electron chi connectivity index (χ1n) is 8.56. The smallest absolute Gasteiger partial charge is 0.306 e. The Morgan fingerprint density at radius 3 is 2.72 bits per heavy atom. The number of carbonyl (C=O) groups excluding carboxylic acids is 1. The number of carbonyl (C=O) groups is 2. The number of carboxylic acid groups (broad SMARTS) is 1. The van der Waals surface area contributed by atoms with Gasteiger partial charge in [-0.1, -0.05) is 12.1 Å². The third kappa shape index (κ3) is 4.07. The highest BCUT2D eigenvalue weighted by Crippen LogP contribution is 2.26. The molecule has 1 aromatic carbocycles. The van der Waals surface area contributed by atoms with Crippen LogP contribution < -0.4 is 5.32 Å². The van der Waals surface area contributed by atoms with Gasteiger partial charge >= 0.3 is 5.97 Å². The van der Waals surface area contributed by atoms with Crippen LogP contribution in [0.4, 0.5) is 0 Å². The second-order valence-electron chi connectivity index (χ2n) is 6.80. The van der Waals surface area contributed by atoms with Crippen molar-refractivity contribution in [1.82, 2.24) is 15.1 Å². The van der Waals surface area contributed by atoms with Crippen LogP contribution in [0.25, 0.3) is 0 Å². The standard InChI is InChI=1S/C19H23N3O3/c1-12-8-13(2)22(21-12)11-14-4-3-5-15(9-14)18(23)20-17-7-6-16(10-17)19(24)25/h3-5,8-9,16-17H,6-7,10-11H2,1-2H3,(H,20,23)(H,24,25)/t16-,17+/m0/s1. The van der Waals surface area contributed by atoms with Crippen molar-refractivity contribution in [2.45, 2.75) is 45.7 Å². The van der Waals surface area contributed by atoms with Crippen molar-refractivity contribution in [3.8, 4) is 0 Å². The molecular formula is C19H23N3O3. The van der Waals surface area contributed by atoms with Crippen molar-refractivity contribution in [2.24, 2.45) is 5.92 Å². The molecule has 0 bridgehead atoms. The Morgan fingerprint density at radius 2 is 2.08 bits per heavy atom. The van der Waals surface area contributed by atoms with Crippen LogP contribution >= 0.6 is 0 Å². The number of aryl methyl sites for hydroxylation is 2. The number of aromatic nitrogens is 2. The fraction of sp³-hybridized carbons (Fsp3) is 0.421. The van der Waals surface area contributed by atoms with Crippen LogP contribution in [0.5, 0.6) is 0 Å². The van der Waals surface area contributed by atoms with Crippen LogP contribution in [0, 0.1) is 19.8 Å². The molecule has 0 saturated heterocycles. The summed E-state index contributed by atoms with van der Waals surface area (Å²) < 4.78 is 1.92. The Bertz CT molecular complexity index is 797. The van der Waals surface area contributed by atoms with Crippen LogP contribution in [0.1, 0.15) is 46.6 Å². The number of hydrogen-bond donors (Lipinski definition) is 2. The maximum Gasteiger partial charge on any atom is 0.306 e. The minimum atomic E-state index is -0.774. The molecule has 1 heterocycles. The maximum atomic E-state index is 12.5. The van der Waals surface area contributed by atoms with Crippen LogP contribution in [-0.4, -0.2) is 32.8 Å². The Hall–Kier alpha value is -2.63. The van der Waals surface area contributed by atoms with E-state index in [2.05, 4.69) is 10.4 Å². The predicted octanol–water partition coefficient (Wildman–Crippen LogP) is 2.53. The molecular weight excluding hydrogens is 318 g/mol. The zero-order chi connectivity index (χ0) is 18.0. The Balaban J connectivity index is 1.66. The number of amides is 1. The van der Waals surface area contributed by atoms with E-state index in [0.29, 0.717) is 31.4 Å². The quantitative estimate of drug-likeness (QED) is 0.875. The van der Waals surface area contributed by atoms with E-state index in [0.717, 1.165) is 17.0 Å². The summed E-state index contributed by atoms with van der Waals surface area (Å²) in [6, 6.07) is 9.45. The van der Waals surface area contributed by atoms with E-state index in [1.807, 2.05) is 42.8 Å². The molecule has 2 N–H and O–H groups in total. The summed E-state index contributed by atoms with van der Waals surface area (Å²) in [5, 5.41) is 16.5. The molecule has 1 saturated carbocycles. The first kappa shape index (κ1) is 17.2. The molecule has 1 amide bonds. The van der Waals surface area contributed by atoms with E-state index < -0.39 is 5.97 Å².